The molecule has 104 valence electrons. The van der Waals surface area contributed by atoms with Gasteiger partial charge in [0.15, 0.2) is 0 Å². The summed E-state index contributed by atoms with van der Waals surface area (Å²) in [4.78, 5) is 16.1. The van der Waals surface area contributed by atoms with Gasteiger partial charge in [0.2, 0.25) is 0 Å². The highest BCUT2D eigenvalue weighted by atomic mass is 19.4. The lowest BCUT2D eigenvalue weighted by Crippen LogP contribution is -2.19. The number of alkyl halides is 3. The number of halogens is 3. The van der Waals surface area contributed by atoms with Crippen LogP contribution >= 0.6 is 0 Å². The number of nitrogens with zero attached hydrogens (tertiary/aromatic N) is 1. The molecule has 0 aliphatic rings. The van der Waals surface area contributed by atoms with Crippen LogP contribution in [-0.2, 0) is 6.18 Å². The number of benzene rings is 1. The van der Waals surface area contributed by atoms with E-state index in [1.54, 1.807) is 17.1 Å². The van der Waals surface area contributed by atoms with Crippen molar-refractivity contribution in [1.29, 1.82) is 0 Å². The molecule has 1 aromatic carbocycles. The second-order valence-electron chi connectivity index (χ2n) is 3.95. The fourth-order valence-electron chi connectivity index (χ4n) is 1.52. The Bertz CT molecular complexity index is 705. The lowest BCUT2D eigenvalue weighted by Gasteiger charge is -2.05. The number of nitrogens with one attached hydrogen (secondary N) is 1. The molecule has 2 N–H and O–H groups in total. The summed E-state index contributed by atoms with van der Waals surface area (Å²) >= 11 is 0. The third kappa shape index (κ3) is 3.47. The van der Waals surface area contributed by atoms with Crippen molar-refractivity contribution in [2.45, 2.75) is 6.18 Å². The summed E-state index contributed by atoms with van der Waals surface area (Å²) in [6.07, 6.45) is -1.93. The molecule has 20 heavy (non-hydrogen) atoms. The van der Waals surface area contributed by atoms with E-state index in [0.717, 1.165) is 6.07 Å². The van der Waals surface area contributed by atoms with Crippen LogP contribution in [0.15, 0.2) is 35.1 Å². The minimum atomic E-state index is -4.64. The van der Waals surface area contributed by atoms with Crippen LogP contribution in [0.4, 0.5) is 13.2 Å². The predicted octanol–water partition coefficient (Wildman–Crippen LogP) is 2.66. The first kappa shape index (κ1) is 13.9. The summed E-state index contributed by atoms with van der Waals surface area (Å²) in [5, 5.41) is 9.25. The van der Waals surface area contributed by atoms with Crippen molar-refractivity contribution in [3.05, 3.63) is 57.8 Å². The van der Waals surface area contributed by atoms with Crippen molar-refractivity contribution in [2.24, 2.45) is 0 Å². The van der Waals surface area contributed by atoms with Gasteiger partial charge in [0.25, 0.3) is 0 Å². The van der Waals surface area contributed by atoms with Crippen molar-refractivity contribution >= 4 is 12.2 Å². The largest absolute Gasteiger partial charge is 0.508 e. The summed E-state index contributed by atoms with van der Waals surface area (Å²) in [5.74, 6) is 0.0296. The molecular formula is C13H9F3N2O2. The zero-order valence-corrected chi connectivity index (χ0v) is 9.98. The molecule has 0 spiro atoms. The van der Waals surface area contributed by atoms with E-state index in [4.69, 9.17) is 0 Å². The van der Waals surface area contributed by atoms with Crippen LogP contribution in [0.1, 0.15) is 17.0 Å². The molecule has 0 aliphatic heterocycles. The average Bonchev–Trinajstić information content (AvgIpc) is 2.35. The SMILES string of the molecule is O=c1nc(/C=C/c2cccc(O)c2)cc(C(F)(F)F)[nH]1. The molecule has 1 aromatic heterocycles. The van der Waals surface area contributed by atoms with Crippen molar-refractivity contribution in [1.82, 2.24) is 9.97 Å². The molecule has 2 aromatic rings. The summed E-state index contributed by atoms with van der Waals surface area (Å²) in [6, 6.07) is 6.86. The van der Waals surface area contributed by atoms with Crippen LogP contribution in [0, 0.1) is 0 Å². The number of aromatic amines is 1. The smallest absolute Gasteiger partial charge is 0.431 e. The van der Waals surface area contributed by atoms with Crippen LogP contribution in [0.3, 0.4) is 0 Å². The second kappa shape index (κ2) is 5.20. The maximum Gasteiger partial charge on any atom is 0.431 e. The van der Waals surface area contributed by atoms with Gasteiger partial charge in [0.1, 0.15) is 11.4 Å². The van der Waals surface area contributed by atoms with Crippen molar-refractivity contribution in [3.63, 3.8) is 0 Å². The van der Waals surface area contributed by atoms with E-state index < -0.39 is 17.6 Å². The molecule has 0 fully saturated rings. The number of rotatable bonds is 2. The first-order valence-electron chi connectivity index (χ1n) is 5.50. The van der Waals surface area contributed by atoms with Gasteiger partial charge in [-0.25, -0.2) is 4.79 Å². The van der Waals surface area contributed by atoms with Gasteiger partial charge in [-0.2, -0.15) is 18.2 Å². The number of hydrogen-bond acceptors (Lipinski definition) is 3. The van der Waals surface area contributed by atoms with E-state index in [1.807, 2.05) is 0 Å². The number of H-pyrrole nitrogens is 1. The van der Waals surface area contributed by atoms with E-state index in [9.17, 15) is 23.1 Å². The zero-order chi connectivity index (χ0) is 14.8. The Kier molecular flexibility index (Phi) is 3.60. The zero-order valence-electron chi connectivity index (χ0n) is 9.98. The quantitative estimate of drug-likeness (QED) is 0.890. The summed E-state index contributed by atoms with van der Waals surface area (Å²) in [6.45, 7) is 0. The molecule has 0 amide bonds. The summed E-state index contributed by atoms with van der Waals surface area (Å²) in [5.41, 5.74) is -1.78. The van der Waals surface area contributed by atoms with Crippen LogP contribution in [0.25, 0.3) is 12.2 Å². The fourth-order valence-corrected chi connectivity index (χ4v) is 1.52. The Hall–Kier alpha value is -2.57. The third-order valence-corrected chi connectivity index (χ3v) is 2.39. The molecule has 2 rings (SSSR count). The van der Waals surface area contributed by atoms with Crippen LogP contribution in [0.5, 0.6) is 5.75 Å². The molecule has 0 unspecified atom stereocenters. The first-order valence-corrected chi connectivity index (χ1v) is 5.50. The number of phenols is 1. The van der Waals surface area contributed by atoms with E-state index >= 15 is 0 Å². The van der Waals surface area contributed by atoms with E-state index in [1.165, 1.54) is 24.3 Å². The maximum absolute atomic E-state index is 12.5. The van der Waals surface area contributed by atoms with Gasteiger partial charge in [0, 0.05) is 0 Å². The Morgan fingerprint density at radius 3 is 2.60 bits per heavy atom. The van der Waals surface area contributed by atoms with Gasteiger partial charge in [0.05, 0.1) is 5.69 Å². The van der Waals surface area contributed by atoms with E-state index in [-0.39, 0.29) is 11.4 Å². The van der Waals surface area contributed by atoms with Crippen LogP contribution in [-0.4, -0.2) is 15.1 Å². The number of phenolic OH excluding ortho intramolecular Hbond substituents is 1. The molecule has 0 atom stereocenters. The molecule has 0 saturated carbocycles. The summed E-state index contributed by atoms with van der Waals surface area (Å²) < 4.78 is 37.5. The molecule has 0 radical (unpaired) electrons. The second-order valence-corrected chi connectivity index (χ2v) is 3.95. The average molecular weight is 282 g/mol. The fraction of sp³-hybridized carbons (Fsp3) is 0.0769. The molecule has 0 aliphatic carbocycles. The highest BCUT2D eigenvalue weighted by Crippen LogP contribution is 2.27. The number of aromatic nitrogens is 2. The van der Waals surface area contributed by atoms with Gasteiger partial charge in [-0.3, -0.25) is 0 Å². The van der Waals surface area contributed by atoms with Gasteiger partial charge in [-0.15, -0.1) is 0 Å². The van der Waals surface area contributed by atoms with Crippen molar-refractivity contribution in [3.8, 4) is 5.75 Å². The predicted molar refractivity (Wildman–Crippen MR) is 66.9 cm³/mol. The van der Waals surface area contributed by atoms with E-state index in [2.05, 4.69) is 4.98 Å². The topological polar surface area (TPSA) is 66.0 Å². The highest BCUT2D eigenvalue weighted by Gasteiger charge is 2.32. The third-order valence-electron chi connectivity index (χ3n) is 2.39. The Morgan fingerprint density at radius 2 is 1.95 bits per heavy atom. The normalized spacial score (nSPS) is 11.9. The Balaban J connectivity index is 2.34. The standard InChI is InChI=1S/C13H9F3N2O2/c14-13(15,16)11-7-9(17-12(20)18-11)5-4-8-2-1-3-10(19)6-8/h1-7,19H,(H,17,18,20)/b5-4+. The highest BCUT2D eigenvalue weighted by molar-refractivity contribution is 5.68. The Morgan fingerprint density at radius 1 is 1.20 bits per heavy atom. The van der Waals surface area contributed by atoms with Crippen LogP contribution in [0.2, 0.25) is 0 Å². The summed E-state index contributed by atoms with van der Waals surface area (Å²) in [7, 11) is 0. The van der Waals surface area contributed by atoms with Crippen molar-refractivity contribution in [2.75, 3.05) is 0 Å². The maximum atomic E-state index is 12.5. The molecule has 0 bridgehead atoms. The number of hydrogen-bond donors (Lipinski definition) is 2. The first-order chi connectivity index (χ1) is 9.34. The van der Waals surface area contributed by atoms with Gasteiger partial charge in [-0.05, 0) is 29.8 Å². The minimum absolute atomic E-state index is 0.0296. The molecule has 4 nitrogen and oxygen atoms in total. The molecular weight excluding hydrogens is 273 g/mol. The molecule has 7 heteroatoms. The van der Waals surface area contributed by atoms with Gasteiger partial charge < -0.3 is 10.1 Å². The van der Waals surface area contributed by atoms with Gasteiger partial charge >= 0.3 is 11.9 Å². The Labute approximate surface area is 111 Å². The number of aromatic hydroxyl groups is 1. The monoisotopic (exact) mass is 282 g/mol. The van der Waals surface area contributed by atoms with E-state index in [0.29, 0.717) is 5.56 Å². The van der Waals surface area contributed by atoms with Crippen LogP contribution < -0.4 is 5.69 Å². The van der Waals surface area contributed by atoms with Crippen molar-refractivity contribution < 1.29 is 18.3 Å². The van der Waals surface area contributed by atoms with Gasteiger partial charge in [-0.1, -0.05) is 18.2 Å². The lowest BCUT2D eigenvalue weighted by molar-refractivity contribution is -0.141. The molecule has 0 saturated heterocycles. The lowest BCUT2D eigenvalue weighted by atomic mass is 10.2. The molecule has 1 heterocycles. The minimum Gasteiger partial charge on any atom is -0.508 e.